The van der Waals surface area contributed by atoms with Gasteiger partial charge in [-0.15, -0.1) is 0 Å². The van der Waals surface area contributed by atoms with E-state index in [1.807, 2.05) is 0 Å². The topological polar surface area (TPSA) is 133 Å². The van der Waals surface area contributed by atoms with E-state index in [1.165, 1.54) is 13.0 Å². The van der Waals surface area contributed by atoms with Crippen molar-refractivity contribution in [2.45, 2.75) is 26.7 Å². The Hall–Kier alpha value is -3.17. The maximum atomic E-state index is 14.0. The number of ether oxygens (including phenoxy) is 1. The zero-order valence-corrected chi connectivity index (χ0v) is 16.0. The Morgan fingerprint density at radius 2 is 2.03 bits per heavy atom. The lowest BCUT2D eigenvalue weighted by atomic mass is 9.88. The molecule has 29 heavy (non-hydrogen) atoms. The van der Waals surface area contributed by atoms with E-state index in [1.54, 1.807) is 6.92 Å². The van der Waals surface area contributed by atoms with E-state index in [-0.39, 0.29) is 35.8 Å². The molecule has 1 aliphatic rings. The molecular formula is C19H21FN2O7. The number of nitro groups is 1. The second-order valence-corrected chi connectivity index (χ2v) is 7.10. The van der Waals surface area contributed by atoms with Crippen LogP contribution in [0.15, 0.2) is 18.2 Å². The van der Waals surface area contributed by atoms with E-state index in [0.717, 1.165) is 12.1 Å². The first-order valence-electron chi connectivity index (χ1n) is 8.99. The molecule has 0 radical (unpaired) electrons. The lowest BCUT2D eigenvalue weighted by Gasteiger charge is -2.17. The number of Topliss-reactive ketones (excluding diaryl/α,β-unsaturated/α-hetero) is 2. The van der Waals surface area contributed by atoms with E-state index in [9.17, 15) is 33.7 Å². The molecule has 10 heteroatoms. The number of hydrogen-bond donors (Lipinski definition) is 1. The number of carbonyl (C=O) groups is 4. The van der Waals surface area contributed by atoms with Gasteiger partial charge in [0.1, 0.15) is 11.6 Å². The van der Waals surface area contributed by atoms with Crippen LogP contribution in [0.5, 0.6) is 0 Å². The fraction of sp³-hybridized carbons (Fsp3) is 0.474. The van der Waals surface area contributed by atoms with Crippen LogP contribution in [0, 0.1) is 33.7 Å². The number of carbonyl (C=O) groups excluding carboxylic acids is 4. The Balaban J connectivity index is 1.94. The second kappa shape index (κ2) is 9.35. The van der Waals surface area contributed by atoms with E-state index in [2.05, 4.69) is 5.32 Å². The fourth-order valence-electron chi connectivity index (χ4n) is 3.48. The summed E-state index contributed by atoms with van der Waals surface area (Å²) >= 11 is 0. The number of anilines is 1. The summed E-state index contributed by atoms with van der Waals surface area (Å²) in [6.07, 6.45) is -0.208. The second-order valence-electron chi connectivity index (χ2n) is 7.10. The Morgan fingerprint density at radius 1 is 1.34 bits per heavy atom. The molecule has 0 aliphatic heterocycles. The zero-order chi connectivity index (χ0) is 21.7. The average Bonchev–Trinajstić information content (AvgIpc) is 2.85. The normalized spacial score (nSPS) is 20.9. The van der Waals surface area contributed by atoms with Gasteiger partial charge in [-0.05, 0) is 24.1 Å². The molecule has 3 atom stereocenters. The maximum Gasteiger partial charge on any atom is 0.306 e. The number of amides is 1. The molecule has 1 saturated carbocycles. The van der Waals surface area contributed by atoms with Crippen molar-refractivity contribution in [1.82, 2.24) is 0 Å². The number of nitrogens with zero attached hydrogens (tertiary/aromatic N) is 1. The van der Waals surface area contributed by atoms with E-state index < -0.39 is 53.4 Å². The molecule has 0 saturated heterocycles. The summed E-state index contributed by atoms with van der Waals surface area (Å²) in [5.74, 6) is -4.79. The Labute approximate surface area is 165 Å². The van der Waals surface area contributed by atoms with Crippen molar-refractivity contribution < 1.29 is 33.2 Å². The van der Waals surface area contributed by atoms with Crippen molar-refractivity contribution in [3.8, 4) is 0 Å². The first-order valence-corrected chi connectivity index (χ1v) is 8.99. The summed E-state index contributed by atoms with van der Waals surface area (Å²) in [7, 11) is 0. The molecular weight excluding hydrogens is 387 g/mol. The van der Waals surface area contributed by atoms with Gasteiger partial charge in [0.05, 0.1) is 12.0 Å². The molecule has 0 heterocycles. The van der Waals surface area contributed by atoms with Crippen LogP contribution >= 0.6 is 0 Å². The predicted octanol–water partition coefficient (Wildman–Crippen LogP) is 2.02. The molecule has 0 spiro atoms. The van der Waals surface area contributed by atoms with Crippen LogP contribution in [-0.2, 0) is 19.1 Å². The van der Waals surface area contributed by atoms with Gasteiger partial charge in [-0.1, -0.05) is 6.92 Å². The monoisotopic (exact) mass is 408 g/mol. The summed E-state index contributed by atoms with van der Waals surface area (Å²) in [6.45, 7) is 1.82. The molecule has 1 aromatic carbocycles. The molecule has 1 fully saturated rings. The lowest BCUT2D eigenvalue weighted by molar-refractivity contribution is -0.490. The van der Waals surface area contributed by atoms with Gasteiger partial charge < -0.3 is 10.1 Å². The quantitative estimate of drug-likeness (QED) is 0.301. The van der Waals surface area contributed by atoms with Crippen molar-refractivity contribution in [3.05, 3.63) is 39.7 Å². The van der Waals surface area contributed by atoms with Gasteiger partial charge in [-0.2, -0.15) is 0 Å². The van der Waals surface area contributed by atoms with Gasteiger partial charge in [0.15, 0.2) is 6.61 Å². The van der Waals surface area contributed by atoms with Crippen molar-refractivity contribution in [2.75, 3.05) is 18.5 Å². The number of rotatable bonds is 8. The number of halogens is 1. The third kappa shape index (κ3) is 5.90. The summed E-state index contributed by atoms with van der Waals surface area (Å²) < 4.78 is 18.9. The number of hydrogen-bond acceptors (Lipinski definition) is 7. The van der Waals surface area contributed by atoms with Crippen LogP contribution < -0.4 is 5.32 Å². The minimum atomic E-state index is -0.886. The van der Waals surface area contributed by atoms with Gasteiger partial charge in [-0.3, -0.25) is 29.3 Å². The molecule has 2 rings (SSSR count). The van der Waals surface area contributed by atoms with Crippen LogP contribution in [0.3, 0.4) is 0 Å². The molecule has 0 bridgehead atoms. The first-order chi connectivity index (χ1) is 13.6. The highest BCUT2D eigenvalue weighted by molar-refractivity contribution is 5.99. The fourth-order valence-corrected chi connectivity index (χ4v) is 3.48. The molecule has 1 amide bonds. The van der Waals surface area contributed by atoms with Crippen molar-refractivity contribution >= 4 is 29.1 Å². The number of esters is 1. The van der Waals surface area contributed by atoms with Crippen LogP contribution in [0.2, 0.25) is 0 Å². The molecule has 0 aromatic heterocycles. The minimum absolute atomic E-state index is 0.154. The van der Waals surface area contributed by atoms with Gasteiger partial charge in [0, 0.05) is 35.8 Å². The molecule has 1 N–H and O–H groups in total. The number of benzene rings is 1. The molecule has 1 aromatic rings. The summed E-state index contributed by atoms with van der Waals surface area (Å²) in [4.78, 5) is 57.4. The molecule has 0 unspecified atom stereocenters. The van der Waals surface area contributed by atoms with Crippen molar-refractivity contribution in [1.29, 1.82) is 0 Å². The molecule has 1 aliphatic carbocycles. The van der Waals surface area contributed by atoms with E-state index in [4.69, 9.17) is 4.74 Å². The SMILES string of the molecule is CC(=O)Nc1ccc(C(=O)COC(=O)C[C@@H]2C(=O)C[C@H](C)[C@H]2C[N+](=O)[O-])c(F)c1. The largest absolute Gasteiger partial charge is 0.457 e. The third-order valence-electron chi connectivity index (χ3n) is 4.89. The van der Waals surface area contributed by atoms with Crippen LogP contribution in [0.25, 0.3) is 0 Å². The van der Waals surface area contributed by atoms with Crippen LogP contribution in [0.1, 0.15) is 37.0 Å². The smallest absolute Gasteiger partial charge is 0.306 e. The highest BCUT2D eigenvalue weighted by atomic mass is 19.1. The van der Waals surface area contributed by atoms with Crippen molar-refractivity contribution in [3.63, 3.8) is 0 Å². The number of ketones is 2. The van der Waals surface area contributed by atoms with Gasteiger partial charge in [-0.25, -0.2) is 4.39 Å². The van der Waals surface area contributed by atoms with Crippen LogP contribution in [-0.4, -0.2) is 41.5 Å². The minimum Gasteiger partial charge on any atom is -0.457 e. The predicted molar refractivity (Wildman–Crippen MR) is 98.2 cm³/mol. The van der Waals surface area contributed by atoms with Crippen molar-refractivity contribution in [2.24, 2.45) is 17.8 Å². The number of nitrogens with one attached hydrogen (secondary N) is 1. The van der Waals surface area contributed by atoms with Gasteiger partial charge >= 0.3 is 5.97 Å². The summed E-state index contributed by atoms with van der Waals surface area (Å²) in [6, 6.07) is 3.46. The van der Waals surface area contributed by atoms with E-state index >= 15 is 0 Å². The van der Waals surface area contributed by atoms with Gasteiger partial charge in [0.2, 0.25) is 18.2 Å². The Bertz CT molecular complexity index is 855. The molecule has 9 nitrogen and oxygen atoms in total. The van der Waals surface area contributed by atoms with Gasteiger partial charge in [0.25, 0.3) is 0 Å². The average molecular weight is 408 g/mol. The Kier molecular flexibility index (Phi) is 7.13. The summed E-state index contributed by atoms with van der Waals surface area (Å²) in [5, 5.41) is 13.2. The highest BCUT2D eigenvalue weighted by Gasteiger charge is 2.44. The van der Waals surface area contributed by atoms with Crippen LogP contribution in [0.4, 0.5) is 10.1 Å². The lowest BCUT2D eigenvalue weighted by Crippen LogP contribution is -2.28. The summed E-state index contributed by atoms with van der Waals surface area (Å²) in [5.41, 5.74) is -0.141. The Morgan fingerprint density at radius 3 is 2.62 bits per heavy atom. The molecule has 156 valence electrons. The zero-order valence-electron chi connectivity index (χ0n) is 16.0. The first kappa shape index (κ1) is 22.1. The maximum absolute atomic E-state index is 14.0. The highest BCUT2D eigenvalue weighted by Crippen LogP contribution is 2.36. The standard InChI is InChI=1S/C19H21FN2O7/c1-10-5-17(24)14(15(10)8-22(27)28)7-19(26)29-9-18(25)13-4-3-12(6-16(13)20)21-11(2)23/h3-4,6,10,14-15H,5,7-9H2,1-2H3,(H,21,23)/t10-,14-,15+/m0/s1. The third-order valence-corrected chi connectivity index (χ3v) is 4.89. The van der Waals surface area contributed by atoms with E-state index in [0.29, 0.717) is 0 Å².